The molecule has 2 aliphatic heterocycles. The second-order valence-corrected chi connectivity index (χ2v) is 11.0. The van der Waals surface area contributed by atoms with Gasteiger partial charge in [-0.1, -0.05) is 6.92 Å². The number of rotatable bonds is 14. The highest BCUT2D eigenvalue weighted by molar-refractivity contribution is 5.93. The minimum atomic E-state index is -0.768. The molecule has 2 aliphatic rings. The minimum Gasteiger partial charge on any atom is -0.493 e. The second kappa shape index (κ2) is 13.4. The van der Waals surface area contributed by atoms with Gasteiger partial charge in [0.25, 0.3) is 0 Å². The zero-order valence-electron chi connectivity index (χ0n) is 24.5. The largest absolute Gasteiger partial charge is 0.493 e. The van der Waals surface area contributed by atoms with Crippen LogP contribution in [0.25, 0.3) is 10.9 Å². The number of nitrogens with one attached hydrogen (secondary N) is 1. The van der Waals surface area contributed by atoms with Crippen molar-refractivity contribution < 1.29 is 33.2 Å². The first-order chi connectivity index (χ1) is 18.9. The van der Waals surface area contributed by atoms with Gasteiger partial charge in [0.05, 0.1) is 34.0 Å². The average molecular weight is 547 g/mol. The Morgan fingerprint density at radius 3 is 2.59 bits per heavy atom. The molecule has 2 aromatic rings. The molecule has 9 heteroatoms. The van der Waals surface area contributed by atoms with Crippen molar-refractivity contribution in [1.82, 2.24) is 9.88 Å². The van der Waals surface area contributed by atoms with Crippen molar-refractivity contribution in [3.63, 3.8) is 0 Å². The Kier molecular flexibility index (Phi) is 10.1. The van der Waals surface area contributed by atoms with Gasteiger partial charge in [0.15, 0.2) is 11.5 Å². The van der Waals surface area contributed by atoms with Gasteiger partial charge in [-0.05, 0) is 63.0 Å². The third kappa shape index (κ3) is 6.06. The number of hydrogen-bond donors (Lipinski definition) is 1. The van der Waals surface area contributed by atoms with E-state index in [1.165, 1.54) is 5.56 Å². The molecule has 9 nitrogen and oxygen atoms in total. The van der Waals surface area contributed by atoms with Gasteiger partial charge in [0, 0.05) is 55.5 Å². The summed E-state index contributed by atoms with van der Waals surface area (Å²) < 4.78 is 33.1. The molecule has 1 aromatic carbocycles. The zero-order valence-corrected chi connectivity index (χ0v) is 24.5. The molecule has 3 heterocycles. The lowest BCUT2D eigenvalue weighted by molar-refractivity contribution is -0.157. The van der Waals surface area contributed by atoms with Crippen molar-refractivity contribution in [2.24, 2.45) is 11.8 Å². The van der Waals surface area contributed by atoms with E-state index in [4.69, 9.17) is 28.4 Å². The van der Waals surface area contributed by atoms with Crippen LogP contribution in [0.1, 0.15) is 51.3 Å². The number of piperidine rings is 1. The molecule has 1 fully saturated rings. The SMILES string of the molecule is CCOC(=O)C12C[C@H](CC(C)CCOCOCCOC)CN(CCc3c1[nH]c1cc(OC)c(OC)cc31)C2C. The molecule has 1 N–H and O–H groups in total. The standard InChI is InChI=1S/C30H46N2O7/c1-7-39-29(33)30-17-22(14-20(2)9-11-37-19-38-13-12-34-4)18-32(21(30)3)10-8-23-24-15-26(35-5)27(36-6)16-25(24)31-28(23)30/h15-16,20-22,31H,7-14,17-19H2,1-6H3/t20?,21?,22-,30?/m0/s1. The lowest BCUT2D eigenvalue weighted by Crippen LogP contribution is -2.60. The number of methoxy groups -OCH3 is 3. The molecule has 5 atom stereocenters. The summed E-state index contributed by atoms with van der Waals surface area (Å²) in [4.78, 5) is 20.1. The smallest absolute Gasteiger partial charge is 0.319 e. The third-order valence-electron chi connectivity index (χ3n) is 8.60. The lowest BCUT2D eigenvalue weighted by atomic mass is 9.66. The molecule has 0 radical (unpaired) electrons. The Bertz CT molecular complexity index is 1100. The highest BCUT2D eigenvalue weighted by Gasteiger charge is 2.56. The predicted molar refractivity (Wildman–Crippen MR) is 150 cm³/mol. The summed E-state index contributed by atoms with van der Waals surface area (Å²) in [5, 5.41) is 1.09. The van der Waals surface area contributed by atoms with Gasteiger partial charge in [0.1, 0.15) is 12.2 Å². The summed E-state index contributed by atoms with van der Waals surface area (Å²) in [6.45, 7) is 10.6. The average Bonchev–Trinajstić information content (AvgIpc) is 3.26. The number of esters is 1. The molecular formula is C30H46N2O7. The number of fused-ring (bicyclic) bond motifs is 6. The van der Waals surface area contributed by atoms with Crippen LogP contribution in [0.15, 0.2) is 12.1 Å². The maximum atomic E-state index is 14.0. The molecule has 0 aliphatic carbocycles. The molecule has 4 rings (SSSR count). The molecule has 1 aromatic heterocycles. The Balaban J connectivity index is 1.59. The Labute approximate surface area is 232 Å². The second-order valence-electron chi connectivity index (χ2n) is 11.0. The summed E-state index contributed by atoms with van der Waals surface area (Å²) >= 11 is 0. The topological polar surface area (TPSA) is 91.5 Å². The maximum absolute atomic E-state index is 14.0. The first-order valence-electron chi connectivity index (χ1n) is 14.2. The highest BCUT2D eigenvalue weighted by atomic mass is 16.7. The Hall–Kier alpha value is -2.33. The lowest BCUT2D eigenvalue weighted by Gasteiger charge is -2.48. The van der Waals surface area contributed by atoms with Crippen LogP contribution in [-0.4, -0.2) is 89.5 Å². The van der Waals surface area contributed by atoms with Crippen LogP contribution >= 0.6 is 0 Å². The van der Waals surface area contributed by atoms with Crippen LogP contribution in [0.3, 0.4) is 0 Å². The number of aromatic nitrogens is 1. The number of H-pyrrole nitrogens is 1. The number of aromatic amines is 1. The Morgan fingerprint density at radius 2 is 1.87 bits per heavy atom. The van der Waals surface area contributed by atoms with Crippen molar-refractivity contribution in [3.8, 4) is 11.5 Å². The Morgan fingerprint density at radius 1 is 1.13 bits per heavy atom. The van der Waals surface area contributed by atoms with E-state index in [2.05, 4.69) is 23.7 Å². The summed E-state index contributed by atoms with van der Waals surface area (Å²) in [5.41, 5.74) is 2.37. The predicted octanol–water partition coefficient (Wildman–Crippen LogP) is 4.31. The molecule has 0 saturated carbocycles. The van der Waals surface area contributed by atoms with Crippen LogP contribution in [0.2, 0.25) is 0 Å². The van der Waals surface area contributed by atoms with Gasteiger partial charge in [0.2, 0.25) is 0 Å². The third-order valence-corrected chi connectivity index (χ3v) is 8.60. The van der Waals surface area contributed by atoms with Crippen LogP contribution in [0.5, 0.6) is 11.5 Å². The summed E-state index contributed by atoms with van der Waals surface area (Å²) in [6, 6.07) is 4.04. The number of ether oxygens (including phenoxy) is 6. The monoisotopic (exact) mass is 546 g/mol. The van der Waals surface area contributed by atoms with Crippen LogP contribution in [-0.2, 0) is 35.6 Å². The fourth-order valence-electron chi connectivity index (χ4n) is 6.62. The normalized spacial score (nSPS) is 25.1. The van der Waals surface area contributed by atoms with Gasteiger partial charge >= 0.3 is 5.97 Å². The fraction of sp³-hybridized carbons (Fsp3) is 0.700. The summed E-state index contributed by atoms with van der Waals surface area (Å²) in [7, 11) is 4.95. The first kappa shape index (κ1) is 29.6. The molecule has 218 valence electrons. The first-order valence-corrected chi connectivity index (χ1v) is 14.2. The van der Waals surface area contributed by atoms with E-state index in [1.54, 1.807) is 21.3 Å². The van der Waals surface area contributed by atoms with Crippen LogP contribution in [0.4, 0.5) is 0 Å². The maximum Gasteiger partial charge on any atom is 0.319 e. The fourth-order valence-corrected chi connectivity index (χ4v) is 6.62. The van der Waals surface area contributed by atoms with E-state index in [0.29, 0.717) is 49.8 Å². The number of hydrogen-bond acceptors (Lipinski definition) is 8. The number of benzene rings is 1. The summed E-state index contributed by atoms with van der Waals surface area (Å²) in [6.07, 6.45) is 3.58. The van der Waals surface area contributed by atoms with Crippen LogP contribution in [0, 0.1) is 11.8 Å². The zero-order chi connectivity index (χ0) is 28.0. The van der Waals surface area contributed by atoms with E-state index in [-0.39, 0.29) is 18.8 Å². The quantitative estimate of drug-likeness (QED) is 0.213. The van der Waals surface area contributed by atoms with E-state index in [1.807, 2.05) is 19.1 Å². The van der Waals surface area contributed by atoms with E-state index in [9.17, 15) is 4.79 Å². The molecular weight excluding hydrogens is 500 g/mol. The molecule has 4 unspecified atom stereocenters. The summed E-state index contributed by atoms with van der Waals surface area (Å²) in [5.74, 6) is 2.05. The van der Waals surface area contributed by atoms with Crippen molar-refractivity contribution in [2.75, 3.05) is 67.6 Å². The van der Waals surface area contributed by atoms with Crippen molar-refractivity contribution in [2.45, 2.75) is 57.9 Å². The van der Waals surface area contributed by atoms with Gasteiger partial charge in [-0.2, -0.15) is 0 Å². The molecule has 0 amide bonds. The molecule has 0 spiro atoms. The number of carbonyl (C=O) groups excluding carboxylic acids is 1. The highest BCUT2D eigenvalue weighted by Crippen LogP contribution is 2.49. The van der Waals surface area contributed by atoms with Gasteiger partial charge in [-0.15, -0.1) is 0 Å². The number of nitrogens with zero attached hydrogens (tertiary/aromatic N) is 1. The van der Waals surface area contributed by atoms with Gasteiger partial charge < -0.3 is 33.4 Å². The van der Waals surface area contributed by atoms with E-state index < -0.39 is 5.41 Å². The van der Waals surface area contributed by atoms with Gasteiger partial charge in [-0.3, -0.25) is 9.69 Å². The van der Waals surface area contributed by atoms with E-state index in [0.717, 1.165) is 55.4 Å². The molecule has 1 saturated heterocycles. The number of carbonyl (C=O) groups is 1. The van der Waals surface area contributed by atoms with Gasteiger partial charge in [-0.25, -0.2) is 0 Å². The van der Waals surface area contributed by atoms with Crippen molar-refractivity contribution >= 4 is 16.9 Å². The van der Waals surface area contributed by atoms with Crippen molar-refractivity contribution in [1.29, 1.82) is 0 Å². The van der Waals surface area contributed by atoms with Crippen LogP contribution < -0.4 is 9.47 Å². The molecule has 39 heavy (non-hydrogen) atoms. The van der Waals surface area contributed by atoms with E-state index >= 15 is 0 Å². The molecule has 2 bridgehead atoms. The minimum absolute atomic E-state index is 0.0220. The van der Waals surface area contributed by atoms with Crippen molar-refractivity contribution in [3.05, 3.63) is 23.4 Å².